The molecule has 7 nitrogen and oxygen atoms in total. The predicted molar refractivity (Wildman–Crippen MR) is 144 cm³/mol. The van der Waals surface area contributed by atoms with Crippen LogP contribution in [-0.2, 0) is 14.3 Å². The molecule has 0 bridgehead atoms. The second kappa shape index (κ2) is 9.76. The van der Waals surface area contributed by atoms with E-state index in [1.165, 1.54) is 15.9 Å². The number of anilines is 1. The smallest absolute Gasteiger partial charge is 0.338 e. The van der Waals surface area contributed by atoms with Crippen molar-refractivity contribution in [3.8, 4) is 0 Å². The summed E-state index contributed by atoms with van der Waals surface area (Å²) < 4.78 is 7.34. The molecule has 1 atom stereocenters. The van der Waals surface area contributed by atoms with Gasteiger partial charge in [0.15, 0.2) is 4.80 Å². The molecule has 0 saturated heterocycles. The molecule has 5 rings (SSSR count). The highest BCUT2D eigenvalue weighted by Gasteiger charge is 2.37. The van der Waals surface area contributed by atoms with Crippen molar-refractivity contribution in [2.45, 2.75) is 46.3 Å². The zero-order valence-corrected chi connectivity index (χ0v) is 22.5. The number of rotatable bonds is 5. The minimum Gasteiger partial charge on any atom is -0.459 e. The Kier molecular flexibility index (Phi) is 6.64. The number of esters is 1. The average Bonchev–Trinajstić information content (AvgIpc) is 3.31. The van der Waals surface area contributed by atoms with Crippen molar-refractivity contribution in [2.75, 3.05) is 11.4 Å². The molecule has 1 amide bonds. The highest BCUT2D eigenvalue weighted by Crippen LogP contribution is 2.36. The molecule has 1 aromatic heterocycles. The van der Waals surface area contributed by atoms with Crippen LogP contribution in [0.3, 0.4) is 0 Å². The first-order valence-electron chi connectivity index (χ1n) is 12.2. The molecule has 0 spiro atoms. The standard InChI is InChI=1S/C28H26ClN3O4S/c1-5-14-31-20-9-7-6-8-19(20)22(25(31)33)24-26(34)32-23(17-10-12-18(29)13-11-17)21(27(35)36-15(2)3)16(4)30-28(32)37-24/h6-13,15,23H,5,14H2,1-4H3/b24-22-/t23-/m1/s1. The van der Waals surface area contributed by atoms with Crippen LogP contribution >= 0.6 is 22.9 Å². The summed E-state index contributed by atoms with van der Waals surface area (Å²) in [6, 6.07) is 13.7. The fourth-order valence-corrected chi connectivity index (χ4v) is 6.08. The van der Waals surface area contributed by atoms with Gasteiger partial charge in [-0.25, -0.2) is 9.79 Å². The van der Waals surface area contributed by atoms with Gasteiger partial charge in [-0.15, -0.1) is 0 Å². The minimum atomic E-state index is -0.771. The van der Waals surface area contributed by atoms with Gasteiger partial charge in [-0.2, -0.15) is 0 Å². The molecule has 0 saturated carbocycles. The van der Waals surface area contributed by atoms with Crippen LogP contribution in [0.25, 0.3) is 5.57 Å². The number of carbonyl (C=O) groups is 2. The fourth-order valence-electron chi connectivity index (χ4n) is 4.82. The third kappa shape index (κ3) is 4.24. The highest BCUT2D eigenvalue weighted by atomic mass is 35.5. The van der Waals surface area contributed by atoms with Crippen molar-refractivity contribution < 1.29 is 14.3 Å². The van der Waals surface area contributed by atoms with Gasteiger partial charge in [-0.3, -0.25) is 14.2 Å². The van der Waals surface area contributed by atoms with E-state index in [0.717, 1.165) is 17.7 Å². The molecular formula is C28H26ClN3O4S. The Morgan fingerprint density at radius 2 is 1.84 bits per heavy atom. The van der Waals surface area contributed by atoms with E-state index >= 15 is 0 Å². The molecule has 3 heterocycles. The summed E-state index contributed by atoms with van der Waals surface area (Å²) in [6.07, 6.45) is 0.439. The normalized spacial score (nSPS) is 18.2. The van der Waals surface area contributed by atoms with Crippen molar-refractivity contribution in [2.24, 2.45) is 4.99 Å². The average molecular weight is 536 g/mol. The molecule has 0 aliphatic carbocycles. The number of allylic oxidation sites excluding steroid dienone is 1. The zero-order chi connectivity index (χ0) is 26.4. The number of hydrogen-bond acceptors (Lipinski definition) is 6. The van der Waals surface area contributed by atoms with Crippen LogP contribution in [0.5, 0.6) is 0 Å². The topological polar surface area (TPSA) is 81.0 Å². The Morgan fingerprint density at radius 3 is 2.51 bits per heavy atom. The number of nitrogens with zero attached hydrogens (tertiary/aromatic N) is 3. The lowest BCUT2D eigenvalue weighted by Gasteiger charge is -2.25. The van der Waals surface area contributed by atoms with Gasteiger partial charge in [-0.05, 0) is 51.0 Å². The molecule has 0 radical (unpaired) electrons. The highest BCUT2D eigenvalue weighted by molar-refractivity contribution is 7.07. The first-order valence-corrected chi connectivity index (χ1v) is 13.3. The van der Waals surface area contributed by atoms with E-state index in [1.54, 1.807) is 49.9 Å². The van der Waals surface area contributed by atoms with E-state index in [1.807, 2.05) is 31.2 Å². The summed E-state index contributed by atoms with van der Waals surface area (Å²) in [4.78, 5) is 47.7. The number of aromatic nitrogens is 1. The van der Waals surface area contributed by atoms with Crippen LogP contribution in [-0.4, -0.2) is 29.1 Å². The van der Waals surface area contributed by atoms with Gasteiger partial charge in [-0.1, -0.05) is 60.2 Å². The van der Waals surface area contributed by atoms with E-state index in [4.69, 9.17) is 16.3 Å². The minimum absolute atomic E-state index is 0.202. The maximum Gasteiger partial charge on any atom is 0.338 e. The number of thiazole rings is 1. The first-order chi connectivity index (χ1) is 17.7. The number of hydrogen-bond donors (Lipinski definition) is 0. The van der Waals surface area contributed by atoms with E-state index in [2.05, 4.69) is 4.99 Å². The number of ether oxygens (including phenoxy) is 1. The number of fused-ring (bicyclic) bond motifs is 2. The van der Waals surface area contributed by atoms with Crippen molar-refractivity contribution >= 4 is 46.1 Å². The van der Waals surface area contributed by atoms with E-state index < -0.39 is 12.0 Å². The summed E-state index contributed by atoms with van der Waals surface area (Å²) in [6.45, 7) is 7.84. The van der Waals surface area contributed by atoms with Crippen molar-refractivity contribution in [1.29, 1.82) is 0 Å². The molecule has 37 heavy (non-hydrogen) atoms. The predicted octanol–water partition coefficient (Wildman–Crippen LogP) is 3.97. The maximum absolute atomic E-state index is 14.1. The van der Waals surface area contributed by atoms with Gasteiger partial charge in [0.05, 0.1) is 34.7 Å². The van der Waals surface area contributed by atoms with Gasteiger partial charge in [0.1, 0.15) is 4.53 Å². The van der Waals surface area contributed by atoms with Crippen LogP contribution in [0.15, 0.2) is 69.6 Å². The summed E-state index contributed by atoms with van der Waals surface area (Å²) >= 11 is 7.30. The Hall–Kier alpha value is -3.49. The van der Waals surface area contributed by atoms with Crippen molar-refractivity contribution in [3.63, 3.8) is 0 Å². The monoisotopic (exact) mass is 535 g/mol. The van der Waals surface area contributed by atoms with Crippen LogP contribution in [0.1, 0.15) is 51.3 Å². The fraction of sp³-hybridized carbons (Fsp3) is 0.286. The number of halogens is 1. The van der Waals surface area contributed by atoms with Crippen molar-refractivity contribution in [1.82, 2.24) is 4.57 Å². The number of carbonyl (C=O) groups excluding carboxylic acids is 2. The van der Waals surface area contributed by atoms with Crippen LogP contribution in [0, 0.1) is 0 Å². The molecule has 9 heteroatoms. The lowest BCUT2D eigenvalue weighted by Crippen LogP contribution is -2.41. The van der Waals surface area contributed by atoms with Gasteiger partial charge in [0.25, 0.3) is 11.5 Å². The Balaban J connectivity index is 1.80. The van der Waals surface area contributed by atoms with Crippen LogP contribution < -0.4 is 19.8 Å². The summed E-state index contributed by atoms with van der Waals surface area (Å²) in [7, 11) is 0. The van der Waals surface area contributed by atoms with Crippen LogP contribution in [0.4, 0.5) is 5.69 Å². The molecule has 2 aliphatic heterocycles. The Labute approximate surface area is 223 Å². The lowest BCUT2D eigenvalue weighted by molar-refractivity contribution is -0.143. The van der Waals surface area contributed by atoms with Crippen molar-refractivity contribution in [3.05, 3.63) is 95.6 Å². The van der Waals surface area contributed by atoms with E-state index in [-0.39, 0.29) is 23.1 Å². The lowest BCUT2D eigenvalue weighted by atomic mass is 9.96. The molecule has 3 aromatic rings. The molecular weight excluding hydrogens is 510 g/mol. The largest absolute Gasteiger partial charge is 0.459 e. The first kappa shape index (κ1) is 25.2. The molecule has 190 valence electrons. The quantitative estimate of drug-likeness (QED) is 0.463. The third-order valence-corrected chi connectivity index (χ3v) is 7.65. The molecule has 2 aromatic carbocycles. The van der Waals surface area contributed by atoms with Gasteiger partial charge < -0.3 is 9.64 Å². The summed E-state index contributed by atoms with van der Waals surface area (Å²) in [5.41, 5.74) is 2.96. The SMILES string of the molecule is CCCN1C(=O)/C(=c2\sc3n(c2=O)[C@H](c2ccc(Cl)cc2)C(C(=O)OC(C)C)=C(C)N=3)c2ccccc21. The Morgan fingerprint density at radius 1 is 1.14 bits per heavy atom. The van der Waals surface area contributed by atoms with E-state index in [9.17, 15) is 14.4 Å². The number of benzene rings is 2. The van der Waals surface area contributed by atoms with Gasteiger partial charge >= 0.3 is 5.97 Å². The van der Waals surface area contributed by atoms with E-state index in [0.29, 0.717) is 37.7 Å². The summed E-state index contributed by atoms with van der Waals surface area (Å²) in [5, 5.41) is 0.537. The maximum atomic E-state index is 14.1. The number of amides is 1. The molecule has 0 fully saturated rings. The van der Waals surface area contributed by atoms with Crippen LogP contribution in [0.2, 0.25) is 5.02 Å². The second-order valence-electron chi connectivity index (χ2n) is 9.26. The van der Waals surface area contributed by atoms with Gasteiger partial charge in [0, 0.05) is 17.1 Å². The third-order valence-electron chi connectivity index (χ3n) is 6.34. The molecule has 0 unspecified atom stereocenters. The van der Waals surface area contributed by atoms with Gasteiger partial charge in [0.2, 0.25) is 0 Å². The molecule has 2 aliphatic rings. The number of para-hydroxylation sites is 1. The second-order valence-corrected chi connectivity index (χ2v) is 10.7. The Bertz CT molecular complexity index is 1630. The molecule has 0 N–H and O–H groups in total. The summed E-state index contributed by atoms with van der Waals surface area (Å²) in [5.74, 6) is -0.739. The zero-order valence-electron chi connectivity index (χ0n) is 20.9.